The summed E-state index contributed by atoms with van der Waals surface area (Å²) in [6.07, 6.45) is 1.86. The van der Waals surface area contributed by atoms with Gasteiger partial charge in [0, 0.05) is 43.2 Å². The summed E-state index contributed by atoms with van der Waals surface area (Å²) < 4.78 is 1.49. The van der Waals surface area contributed by atoms with Gasteiger partial charge >= 0.3 is 0 Å². The number of carbonyl (C=O) groups excluding carboxylic acids is 2. The van der Waals surface area contributed by atoms with Crippen molar-refractivity contribution in [3.05, 3.63) is 60.0 Å². The number of rotatable bonds is 5. The van der Waals surface area contributed by atoms with Gasteiger partial charge in [-0.15, -0.1) is 0 Å². The molecule has 9 heteroatoms. The van der Waals surface area contributed by atoms with Gasteiger partial charge in [0.25, 0.3) is 11.8 Å². The smallest absolute Gasteiger partial charge is 0.267 e. The Morgan fingerprint density at radius 1 is 1.27 bits per heavy atom. The zero-order valence-corrected chi connectivity index (χ0v) is 16.5. The van der Waals surface area contributed by atoms with Gasteiger partial charge in [-0.1, -0.05) is 24.0 Å². The highest BCUT2D eigenvalue weighted by Crippen LogP contribution is 2.19. The average molecular weight is 404 g/mol. The van der Waals surface area contributed by atoms with Crippen molar-refractivity contribution in [3.63, 3.8) is 0 Å². The van der Waals surface area contributed by atoms with E-state index in [4.69, 9.17) is 5.73 Å². The van der Waals surface area contributed by atoms with Gasteiger partial charge < -0.3 is 15.7 Å². The molecule has 0 spiro atoms. The number of likely N-dealkylation sites (N-methyl/N-ethyl adjacent to an activating group) is 1. The molecule has 3 aromatic rings. The predicted molar refractivity (Wildman–Crippen MR) is 109 cm³/mol. The van der Waals surface area contributed by atoms with Gasteiger partial charge in [-0.05, 0) is 25.1 Å². The SMILES string of the molecule is CCN(C)C(=O)C(O)C#Cc1cccc(-c2nc(C(N)=O)cc(-n3cccn3)n2)c1. The van der Waals surface area contributed by atoms with Crippen LogP contribution >= 0.6 is 0 Å². The zero-order valence-electron chi connectivity index (χ0n) is 16.5. The molecule has 1 aromatic carbocycles. The number of hydrogen-bond donors (Lipinski definition) is 2. The van der Waals surface area contributed by atoms with Crippen LogP contribution in [0.5, 0.6) is 0 Å². The van der Waals surface area contributed by atoms with Crippen LogP contribution in [0.1, 0.15) is 23.0 Å². The van der Waals surface area contributed by atoms with Crippen LogP contribution < -0.4 is 5.73 Å². The van der Waals surface area contributed by atoms with Gasteiger partial charge in [-0.2, -0.15) is 5.10 Å². The Morgan fingerprint density at radius 3 is 2.73 bits per heavy atom. The topological polar surface area (TPSA) is 127 Å². The minimum Gasteiger partial charge on any atom is -0.372 e. The molecule has 2 heterocycles. The summed E-state index contributed by atoms with van der Waals surface area (Å²) in [4.78, 5) is 33.7. The third-order valence-electron chi connectivity index (χ3n) is 4.26. The third kappa shape index (κ3) is 4.68. The monoisotopic (exact) mass is 404 g/mol. The lowest BCUT2D eigenvalue weighted by atomic mass is 10.1. The minimum atomic E-state index is -1.42. The molecule has 152 valence electrons. The summed E-state index contributed by atoms with van der Waals surface area (Å²) >= 11 is 0. The predicted octanol–water partition coefficient (Wildman–Crippen LogP) is 0.619. The Labute approximate surface area is 173 Å². The number of benzene rings is 1. The van der Waals surface area contributed by atoms with Crippen LogP contribution in [0, 0.1) is 11.8 Å². The van der Waals surface area contributed by atoms with Crippen molar-refractivity contribution in [2.24, 2.45) is 5.73 Å². The summed E-state index contributed by atoms with van der Waals surface area (Å²) in [5, 5.41) is 14.1. The van der Waals surface area contributed by atoms with E-state index in [9.17, 15) is 14.7 Å². The van der Waals surface area contributed by atoms with Crippen molar-refractivity contribution in [1.82, 2.24) is 24.6 Å². The molecule has 0 saturated heterocycles. The van der Waals surface area contributed by atoms with E-state index in [1.165, 1.54) is 15.6 Å². The van der Waals surface area contributed by atoms with Crippen molar-refractivity contribution in [3.8, 4) is 29.0 Å². The standard InChI is InChI=1S/C21H20N6O3/c1-3-26(2)21(30)17(28)9-8-14-6-4-7-15(12-14)20-24-16(19(22)29)13-18(25-20)27-11-5-10-23-27/h4-7,10-13,17,28H,3H2,1-2H3,(H2,22,29). The van der Waals surface area contributed by atoms with Crippen LogP contribution in [-0.4, -0.2) is 61.3 Å². The normalized spacial score (nSPS) is 11.3. The second-order valence-corrected chi connectivity index (χ2v) is 6.35. The molecule has 2 aromatic heterocycles. The molecule has 0 radical (unpaired) electrons. The van der Waals surface area contributed by atoms with E-state index in [2.05, 4.69) is 26.9 Å². The number of aliphatic hydroxyl groups excluding tert-OH is 1. The van der Waals surface area contributed by atoms with Crippen LogP contribution in [0.2, 0.25) is 0 Å². The molecule has 0 aliphatic heterocycles. The fourth-order valence-electron chi connectivity index (χ4n) is 2.53. The molecule has 3 rings (SSSR count). The fourth-order valence-corrected chi connectivity index (χ4v) is 2.53. The van der Waals surface area contributed by atoms with Crippen molar-refractivity contribution in [2.45, 2.75) is 13.0 Å². The molecular formula is C21H20N6O3. The van der Waals surface area contributed by atoms with Gasteiger partial charge in [0.15, 0.2) is 17.7 Å². The maximum Gasteiger partial charge on any atom is 0.267 e. The molecule has 0 fully saturated rings. The zero-order chi connectivity index (χ0) is 21.7. The Morgan fingerprint density at radius 2 is 2.07 bits per heavy atom. The number of nitrogens with two attached hydrogens (primary N) is 1. The van der Waals surface area contributed by atoms with Gasteiger partial charge in [-0.25, -0.2) is 14.6 Å². The Bertz CT molecular complexity index is 1130. The number of primary amides is 1. The Kier molecular flexibility index (Phi) is 6.20. The molecule has 0 bridgehead atoms. The van der Waals surface area contributed by atoms with E-state index in [0.717, 1.165) is 0 Å². The first kappa shape index (κ1) is 20.7. The molecule has 0 aliphatic carbocycles. The summed E-state index contributed by atoms with van der Waals surface area (Å²) in [6.45, 7) is 2.28. The highest BCUT2D eigenvalue weighted by Gasteiger charge is 2.15. The first-order valence-corrected chi connectivity index (χ1v) is 9.13. The van der Waals surface area contributed by atoms with E-state index >= 15 is 0 Å². The third-order valence-corrected chi connectivity index (χ3v) is 4.26. The first-order valence-electron chi connectivity index (χ1n) is 9.13. The lowest BCUT2D eigenvalue weighted by Crippen LogP contribution is -2.35. The molecule has 1 atom stereocenters. The van der Waals surface area contributed by atoms with E-state index in [1.807, 2.05) is 0 Å². The van der Waals surface area contributed by atoms with Crippen LogP contribution in [0.4, 0.5) is 0 Å². The molecule has 2 amide bonds. The van der Waals surface area contributed by atoms with Crippen molar-refractivity contribution >= 4 is 11.8 Å². The first-order chi connectivity index (χ1) is 14.4. The van der Waals surface area contributed by atoms with Crippen LogP contribution in [0.15, 0.2) is 48.8 Å². The van der Waals surface area contributed by atoms with Gasteiger partial charge in [-0.3, -0.25) is 9.59 Å². The summed E-state index contributed by atoms with van der Waals surface area (Å²) in [6, 6.07) is 10.1. The second-order valence-electron chi connectivity index (χ2n) is 6.35. The van der Waals surface area contributed by atoms with Crippen molar-refractivity contribution in [1.29, 1.82) is 0 Å². The van der Waals surface area contributed by atoms with Crippen LogP contribution in [0.3, 0.4) is 0 Å². The summed E-state index contributed by atoms with van der Waals surface area (Å²) in [5.74, 6) is 4.82. The Hall–Kier alpha value is -4.03. The average Bonchev–Trinajstić information content (AvgIpc) is 3.31. The maximum atomic E-state index is 11.9. The van der Waals surface area contributed by atoms with Gasteiger partial charge in [0.05, 0.1) is 0 Å². The highest BCUT2D eigenvalue weighted by molar-refractivity contribution is 5.91. The molecule has 3 N–H and O–H groups in total. The largest absolute Gasteiger partial charge is 0.372 e. The van der Waals surface area contributed by atoms with E-state index in [0.29, 0.717) is 23.5 Å². The molecule has 1 unspecified atom stereocenters. The number of aliphatic hydroxyl groups is 1. The molecular weight excluding hydrogens is 384 g/mol. The number of nitrogens with zero attached hydrogens (tertiary/aromatic N) is 5. The van der Waals surface area contributed by atoms with Crippen molar-refractivity contribution < 1.29 is 14.7 Å². The van der Waals surface area contributed by atoms with E-state index in [1.54, 1.807) is 56.7 Å². The van der Waals surface area contributed by atoms with Crippen LogP contribution in [0.25, 0.3) is 17.2 Å². The van der Waals surface area contributed by atoms with Gasteiger partial charge in [0.1, 0.15) is 5.69 Å². The Balaban J connectivity index is 1.96. The maximum absolute atomic E-state index is 11.9. The lowest BCUT2D eigenvalue weighted by Gasteiger charge is -2.15. The number of carbonyl (C=O) groups is 2. The molecule has 30 heavy (non-hydrogen) atoms. The summed E-state index contributed by atoms with van der Waals surface area (Å²) in [5.41, 5.74) is 6.60. The molecule has 9 nitrogen and oxygen atoms in total. The van der Waals surface area contributed by atoms with Crippen LogP contribution in [-0.2, 0) is 4.79 Å². The minimum absolute atomic E-state index is 0.0469. The molecule has 0 saturated carbocycles. The van der Waals surface area contributed by atoms with E-state index < -0.39 is 17.9 Å². The fraction of sp³-hybridized carbons (Fsp3) is 0.190. The quantitative estimate of drug-likeness (QED) is 0.600. The molecule has 0 aliphatic rings. The number of hydrogen-bond acceptors (Lipinski definition) is 6. The lowest BCUT2D eigenvalue weighted by molar-refractivity contribution is -0.135. The highest BCUT2D eigenvalue weighted by atomic mass is 16.3. The van der Waals surface area contributed by atoms with Crippen molar-refractivity contribution in [2.75, 3.05) is 13.6 Å². The second kappa shape index (κ2) is 8.98. The van der Waals surface area contributed by atoms with Gasteiger partial charge in [0.2, 0.25) is 0 Å². The van der Waals surface area contributed by atoms with E-state index in [-0.39, 0.29) is 11.5 Å². The number of aromatic nitrogens is 4. The summed E-state index contributed by atoms with van der Waals surface area (Å²) in [7, 11) is 1.59. The number of amides is 2.